The molecule has 2 atom stereocenters. The summed E-state index contributed by atoms with van der Waals surface area (Å²) in [6, 6.07) is 9.22. The second kappa shape index (κ2) is 12.7. The third-order valence-corrected chi connectivity index (χ3v) is 7.65. The zero-order valence-electron chi connectivity index (χ0n) is 23.8. The van der Waals surface area contributed by atoms with Crippen LogP contribution in [0.25, 0.3) is 11.3 Å². The third-order valence-electron chi connectivity index (χ3n) is 7.36. The quantitative estimate of drug-likeness (QED) is 0.238. The molecule has 43 heavy (non-hydrogen) atoms. The van der Waals surface area contributed by atoms with Crippen molar-refractivity contribution in [1.29, 1.82) is 0 Å². The Morgan fingerprint density at radius 3 is 2.81 bits per heavy atom. The summed E-state index contributed by atoms with van der Waals surface area (Å²) in [5, 5.41) is 10.0. The number of ether oxygens (including phenoxy) is 1. The monoisotopic (exact) mass is 610 g/mol. The Hall–Kier alpha value is -4.62. The summed E-state index contributed by atoms with van der Waals surface area (Å²) in [6.45, 7) is 3.68. The molecule has 0 saturated carbocycles. The van der Waals surface area contributed by atoms with Crippen molar-refractivity contribution in [1.82, 2.24) is 26.2 Å². The number of aromatic amines is 1. The molecule has 0 spiro atoms. The van der Waals surface area contributed by atoms with E-state index in [4.69, 9.17) is 11.6 Å². The van der Waals surface area contributed by atoms with E-state index in [-0.39, 0.29) is 28.2 Å². The largest absolute Gasteiger partial charge is 0.453 e. The number of aromatic nitrogens is 2. The number of benzene rings is 2. The van der Waals surface area contributed by atoms with Crippen LogP contribution in [0.2, 0.25) is 5.02 Å². The van der Waals surface area contributed by atoms with Gasteiger partial charge in [0, 0.05) is 17.7 Å². The van der Waals surface area contributed by atoms with E-state index in [1.807, 2.05) is 6.92 Å². The van der Waals surface area contributed by atoms with Crippen LogP contribution in [0.1, 0.15) is 51.4 Å². The molecule has 2 aromatic carbocycles. The molecular weight excluding hydrogens is 579 g/mol. The first-order valence-corrected chi connectivity index (χ1v) is 14.1. The van der Waals surface area contributed by atoms with Crippen molar-refractivity contribution in [3.05, 3.63) is 70.7 Å². The second-order valence-corrected chi connectivity index (χ2v) is 10.9. The minimum absolute atomic E-state index is 0.0358. The highest BCUT2D eigenvalue weighted by molar-refractivity contribution is 6.31. The number of H-pyrrole nitrogens is 1. The number of carbonyl (C=O) groups is 3. The van der Waals surface area contributed by atoms with Gasteiger partial charge in [-0.15, -0.1) is 5.53 Å². The Kier molecular flexibility index (Phi) is 8.83. The lowest BCUT2D eigenvalue weighted by Gasteiger charge is -2.19. The van der Waals surface area contributed by atoms with Gasteiger partial charge >= 0.3 is 6.09 Å². The zero-order chi connectivity index (χ0) is 30.7. The van der Waals surface area contributed by atoms with Gasteiger partial charge in [-0.05, 0) is 49.6 Å². The summed E-state index contributed by atoms with van der Waals surface area (Å²) in [6.07, 6.45) is 3.32. The minimum atomic E-state index is -0.634. The number of hydrogen-bond acceptors (Lipinski definition) is 8. The molecule has 12 nitrogen and oxygen atoms in total. The number of imidazole rings is 1. The molecule has 0 unspecified atom stereocenters. The molecule has 226 valence electrons. The van der Waals surface area contributed by atoms with Crippen LogP contribution in [0.4, 0.5) is 26.2 Å². The van der Waals surface area contributed by atoms with Crippen LogP contribution in [-0.4, -0.2) is 35.0 Å². The maximum atomic E-state index is 14.7. The number of methoxy groups -OCH3 is 1. The van der Waals surface area contributed by atoms with E-state index in [0.29, 0.717) is 47.0 Å². The predicted molar refractivity (Wildman–Crippen MR) is 160 cm³/mol. The van der Waals surface area contributed by atoms with Crippen LogP contribution in [0.5, 0.6) is 0 Å². The van der Waals surface area contributed by atoms with Crippen molar-refractivity contribution in [2.45, 2.75) is 45.6 Å². The van der Waals surface area contributed by atoms with Gasteiger partial charge in [0.15, 0.2) is 5.82 Å². The second-order valence-electron chi connectivity index (χ2n) is 10.5. The van der Waals surface area contributed by atoms with Gasteiger partial charge in [0.1, 0.15) is 11.5 Å². The van der Waals surface area contributed by atoms with Crippen molar-refractivity contribution in [2.75, 3.05) is 22.8 Å². The van der Waals surface area contributed by atoms with Crippen LogP contribution in [0.3, 0.4) is 0 Å². The van der Waals surface area contributed by atoms with Crippen LogP contribution in [0.15, 0.2) is 54.0 Å². The lowest BCUT2D eigenvalue weighted by atomic mass is 9.97. The summed E-state index contributed by atoms with van der Waals surface area (Å²) >= 11 is 5.96. The highest BCUT2D eigenvalue weighted by Crippen LogP contribution is 2.33. The lowest BCUT2D eigenvalue weighted by Crippen LogP contribution is -2.40. The molecule has 3 amide bonds. The number of nitrogens with zero attached hydrogens (tertiary/aromatic N) is 2. The Morgan fingerprint density at radius 1 is 1.21 bits per heavy atom. The molecule has 3 aromatic rings. The molecule has 1 aromatic heterocycles. The van der Waals surface area contributed by atoms with Crippen LogP contribution < -0.4 is 31.9 Å². The summed E-state index contributed by atoms with van der Waals surface area (Å²) in [7, 11) is 1.27. The first-order chi connectivity index (χ1) is 20.6. The first kappa shape index (κ1) is 29.9. The van der Waals surface area contributed by atoms with Crippen molar-refractivity contribution in [3.63, 3.8) is 0 Å². The SMILES string of the molecule is COC(=O)Nc1ccc2c(c1)NC(=O)C[C@@H](C)CCC[C@H](NC(=O)C1=C(C)N(c3cccc(Cl)c3F)NN1)c1ncc-2[nH]1. The molecule has 5 rings (SSSR count). The molecule has 2 bridgehead atoms. The fraction of sp³-hybridized carbons (Fsp3) is 0.310. The van der Waals surface area contributed by atoms with Crippen LogP contribution in [-0.2, 0) is 14.3 Å². The van der Waals surface area contributed by atoms with Crippen molar-refractivity contribution in [2.24, 2.45) is 5.92 Å². The number of allylic oxidation sites excluding steroid dienone is 1. The molecule has 0 fully saturated rings. The van der Waals surface area contributed by atoms with Gasteiger partial charge in [0.05, 0.1) is 47.1 Å². The number of fused-ring (bicyclic) bond motifs is 4. The summed E-state index contributed by atoms with van der Waals surface area (Å²) in [5.41, 5.74) is 8.68. The van der Waals surface area contributed by atoms with Crippen LogP contribution >= 0.6 is 11.6 Å². The smallest absolute Gasteiger partial charge is 0.411 e. The summed E-state index contributed by atoms with van der Waals surface area (Å²) in [4.78, 5) is 46.0. The Morgan fingerprint density at radius 2 is 2.02 bits per heavy atom. The number of anilines is 3. The molecule has 2 aliphatic heterocycles. The Labute approximate surface area is 252 Å². The first-order valence-electron chi connectivity index (χ1n) is 13.8. The topological polar surface area (TPSA) is 153 Å². The van der Waals surface area contributed by atoms with Gasteiger partial charge in [-0.1, -0.05) is 37.4 Å². The zero-order valence-corrected chi connectivity index (χ0v) is 24.6. The average molecular weight is 611 g/mol. The molecule has 0 aliphatic carbocycles. The molecule has 0 radical (unpaired) electrons. The normalized spacial score (nSPS) is 18.8. The molecular formula is C29H32ClFN8O4. The number of hydrogen-bond donors (Lipinski definition) is 6. The number of halogens is 2. The van der Waals surface area contributed by atoms with Gasteiger partial charge in [-0.25, -0.2) is 14.2 Å². The highest BCUT2D eigenvalue weighted by Gasteiger charge is 2.29. The fourth-order valence-electron chi connectivity index (χ4n) is 5.10. The van der Waals surface area contributed by atoms with Crippen molar-refractivity contribution >= 4 is 46.6 Å². The van der Waals surface area contributed by atoms with E-state index in [9.17, 15) is 18.8 Å². The van der Waals surface area contributed by atoms with E-state index in [0.717, 1.165) is 12.8 Å². The van der Waals surface area contributed by atoms with E-state index >= 15 is 0 Å². The Balaban J connectivity index is 1.43. The van der Waals surface area contributed by atoms with Gasteiger partial charge in [0.2, 0.25) is 5.91 Å². The number of amides is 3. The highest BCUT2D eigenvalue weighted by atomic mass is 35.5. The molecule has 2 aliphatic rings. The number of rotatable bonds is 4. The van der Waals surface area contributed by atoms with Crippen molar-refractivity contribution < 1.29 is 23.5 Å². The lowest BCUT2D eigenvalue weighted by molar-refractivity contribution is -0.119. The van der Waals surface area contributed by atoms with Gasteiger partial charge < -0.3 is 20.4 Å². The number of carbonyl (C=O) groups excluding carboxylic acids is 3. The van der Waals surface area contributed by atoms with E-state index in [2.05, 4.69) is 41.6 Å². The molecule has 3 heterocycles. The van der Waals surface area contributed by atoms with Crippen molar-refractivity contribution in [3.8, 4) is 11.3 Å². The number of nitrogens with one attached hydrogen (secondary N) is 6. The predicted octanol–water partition coefficient (Wildman–Crippen LogP) is 5.11. The van der Waals surface area contributed by atoms with Gasteiger partial charge in [0.25, 0.3) is 5.91 Å². The number of hydrazine groups is 2. The van der Waals surface area contributed by atoms with Gasteiger partial charge in [-0.3, -0.25) is 25.3 Å². The maximum absolute atomic E-state index is 14.7. The van der Waals surface area contributed by atoms with Gasteiger partial charge in [-0.2, -0.15) is 0 Å². The van der Waals surface area contributed by atoms with Crippen LogP contribution in [0, 0.1) is 11.7 Å². The van der Waals surface area contributed by atoms with E-state index in [1.165, 1.54) is 18.2 Å². The standard InChI is InChI=1S/C29H32ClFN8O4/c1-15-6-4-8-20(36-28(41)26-16(2)39(38-37-26)23-9-5-7-19(30)25(23)31)27-32-14-22(35-27)18-11-10-17(33-29(42)43-3)13-21(18)34-24(40)12-15/h5,7,9-11,13-15,20,37-38H,4,6,8,12H2,1-3H3,(H,32,35)(H,33,42)(H,34,40)(H,36,41)/t15-,20-/m0/s1. The Bertz CT molecular complexity index is 1590. The molecule has 6 N–H and O–H groups in total. The van der Waals surface area contributed by atoms with E-state index in [1.54, 1.807) is 43.5 Å². The summed E-state index contributed by atoms with van der Waals surface area (Å²) in [5.74, 6) is -0.573. The third kappa shape index (κ3) is 6.57. The molecule has 14 heteroatoms. The van der Waals surface area contributed by atoms with E-state index < -0.39 is 23.9 Å². The minimum Gasteiger partial charge on any atom is -0.453 e. The fourth-order valence-corrected chi connectivity index (χ4v) is 5.27. The summed E-state index contributed by atoms with van der Waals surface area (Å²) < 4.78 is 19.4. The average Bonchev–Trinajstić information content (AvgIpc) is 3.61. The molecule has 0 saturated heterocycles. The maximum Gasteiger partial charge on any atom is 0.411 e.